The maximum absolute atomic E-state index is 13.5. The smallest absolute Gasteiger partial charge is 0.243 e. The van der Waals surface area contributed by atoms with E-state index >= 15 is 0 Å². The van der Waals surface area contributed by atoms with E-state index in [1.807, 2.05) is 30.3 Å². The number of carbonyl (C=O) groups excluding carboxylic acids is 1. The van der Waals surface area contributed by atoms with Crippen LogP contribution in [0, 0.1) is 5.92 Å². The molecule has 30 heavy (non-hydrogen) atoms. The lowest BCUT2D eigenvalue weighted by Gasteiger charge is -2.38. The number of hydrogen-bond acceptors (Lipinski definition) is 4. The van der Waals surface area contributed by atoms with Gasteiger partial charge in [0.15, 0.2) is 0 Å². The van der Waals surface area contributed by atoms with Crippen molar-refractivity contribution in [3.8, 4) is 0 Å². The van der Waals surface area contributed by atoms with E-state index in [2.05, 4.69) is 15.5 Å². The van der Waals surface area contributed by atoms with Gasteiger partial charge in [-0.05, 0) is 36.6 Å². The Labute approximate surface area is 176 Å². The molecule has 2 N–H and O–H groups in total. The van der Waals surface area contributed by atoms with Gasteiger partial charge < -0.3 is 5.32 Å². The van der Waals surface area contributed by atoms with Crippen LogP contribution in [0.5, 0.6) is 0 Å². The normalized spacial score (nSPS) is 20.0. The van der Waals surface area contributed by atoms with Crippen LogP contribution in [0.3, 0.4) is 0 Å². The van der Waals surface area contributed by atoms with Gasteiger partial charge in [-0.2, -0.15) is 9.40 Å². The second kappa shape index (κ2) is 8.81. The zero-order valence-corrected chi connectivity index (χ0v) is 17.3. The predicted octanol–water partition coefficient (Wildman–Crippen LogP) is 2.87. The van der Waals surface area contributed by atoms with Crippen molar-refractivity contribution in [3.63, 3.8) is 0 Å². The van der Waals surface area contributed by atoms with Crippen LogP contribution in [0.25, 0.3) is 0 Å². The van der Waals surface area contributed by atoms with Crippen LogP contribution in [0.2, 0.25) is 0 Å². The lowest BCUT2D eigenvalue weighted by molar-refractivity contribution is -0.126. The fourth-order valence-electron chi connectivity index (χ4n) is 3.87. The Kier molecular flexibility index (Phi) is 5.96. The van der Waals surface area contributed by atoms with Crippen molar-refractivity contribution in [3.05, 3.63) is 84.2 Å². The van der Waals surface area contributed by atoms with E-state index < -0.39 is 15.9 Å². The first-order chi connectivity index (χ1) is 14.6. The predicted molar refractivity (Wildman–Crippen MR) is 113 cm³/mol. The Hall–Kier alpha value is -2.97. The molecule has 156 valence electrons. The number of carbonyl (C=O) groups is 1. The molecule has 0 spiro atoms. The number of nitrogens with zero attached hydrogens (tertiary/aromatic N) is 2. The van der Waals surface area contributed by atoms with Gasteiger partial charge in [0, 0.05) is 12.7 Å². The van der Waals surface area contributed by atoms with Crippen LogP contribution in [0.4, 0.5) is 0 Å². The van der Waals surface area contributed by atoms with Crippen molar-refractivity contribution < 1.29 is 13.2 Å². The number of sulfonamides is 1. The molecular weight excluding hydrogens is 400 g/mol. The first-order valence-corrected chi connectivity index (χ1v) is 11.4. The topological polar surface area (TPSA) is 95.2 Å². The minimum absolute atomic E-state index is 0.142. The molecule has 1 amide bonds. The standard InChI is InChI=1S/C22H24N4O3S/c27-22(23-15-19-13-14-24-25-19)18-11-12-21(17-7-3-1-4-8-17)26(16-18)30(28,29)20-9-5-2-6-10-20/h1-10,13-14,18,21H,11-12,15-16H2,(H,23,27)(H,24,25). The third kappa shape index (κ3) is 4.29. The van der Waals surface area contributed by atoms with Crippen molar-refractivity contribution in [1.82, 2.24) is 19.8 Å². The lowest BCUT2D eigenvalue weighted by Crippen LogP contribution is -2.46. The summed E-state index contributed by atoms with van der Waals surface area (Å²) in [5, 5.41) is 9.62. The van der Waals surface area contributed by atoms with Crippen LogP contribution in [-0.2, 0) is 21.4 Å². The number of aromatic amines is 1. The summed E-state index contributed by atoms with van der Waals surface area (Å²) >= 11 is 0. The summed E-state index contributed by atoms with van der Waals surface area (Å²) in [5.41, 5.74) is 1.67. The van der Waals surface area contributed by atoms with Crippen LogP contribution in [-0.4, -0.2) is 35.4 Å². The molecule has 1 fully saturated rings. The summed E-state index contributed by atoms with van der Waals surface area (Å²) in [6.45, 7) is 0.454. The van der Waals surface area contributed by atoms with Gasteiger partial charge in [-0.1, -0.05) is 48.5 Å². The number of aromatic nitrogens is 2. The number of benzene rings is 2. The minimum atomic E-state index is -3.75. The van der Waals surface area contributed by atoms with Crippen molar-refractivity contribution in [2.24, 2.45) is 5.92 Å². The number of piperidine rings is 1. The van der Waals surface area contributed by atoms with Crippen LogP contribution < -0.4 is 5.32 Å². The summed E-state index contributed by atoms with van der Waals surface area (Å²) in [7, 11) is -3.75. The molecule has 2 heterocycles. The van der Waals surface area contributed by atoms with E-state index in [0.717, 1.165) is 11.3 Å². The summed E-state index contributed by atoms with van der Waals surface area (Å²) < 4.78 is 28.4. The van der Waals surface area contributed by atoms with Crippen molar-refractivity contribution in [2.45, 2.75) is 30.3 Å². The van der Waals surface area contributed by atoms with E-state index in [0.29, 0.717) is 19.4 Å². The maximum Gasteiger partial charge on any atom is 0.243 e. The molecule has 0 radical (unpaired) electrons. The number of nitrogens with one attached hydrogen (secondary N) is 2. The molecular formula is C22H24N4O3S. The Morgan fingerprint density at radius 1 is 1.03 bits per heavy atom. The monoisotopic (exact) mass is 424 g/mol. The van der Waals surface area contributed by atoms with Crippen LogP contribution in [0.1, 0.15) is 30.1 Å². The quantitative estimate of drug-likeness (QED) is 0.636. The van der Waals surface area contributed by atoms with E-state index in [1.54, 1.807) is 42.6 Å². The van der Waals surface area contributed by atoms with Gasteiger partial charge in [0.05, 0.1) is 29.1 Å². The second-order valence-corrected chi connectivity index (χ2v) is 9.26. The van der Waals surface area contributed by atoms with E-state index in [4.69, 9.17) is 0 Å². The highest BCUT2D eigenvalue weighted by Gasteiger charge is 2.39. The molecule has 2 unspecified atom stereocenters. The fourth-order valence-corrected chi connectivity index (χ4v) is 5.58. The summed E-state index contributed by atoms with van der Waals surface area (Å²) in [6, 6.07) is 19.5. The summed E-state index contributed by atoms with van der Waals surface area (Å²) in [4.78, 5) is 13.0. The van der Waals surface area contributed by atoms with Crippen molar-refractivity contribution in [2.75, 3.05) is 6.54 Å². The second-order valence-electron chi connectivity index (χ2n) is 7.37. The van der Waals surface area contributed by atoms with Gasteiger partial charge >= 0.3 is 0 Å². The molecule has 0 aliphatic carbocycles. The zero-order chi connectivity index (χ0) is 21.0. The van der Waals surface area contributed by atoms with E-state index in [9.17, 15) is 13.2 Å². The van der Waals surface area contributed by atoms with Crippen molar-refractivity contribution >= 4 is 15.9 Å². The molecule has 1 aliphatic heterocycles. The Morgan fingerprint density at radius 3 is 2.40 bits per heavy atom. The molecule has 0 saturated carbocycles. The van der Waals surface area contributed by atoms with Crippen molar-refractivity contribution in [1.29, 1.82) is 0 Å². The average Bonchev–Trinajstić information content (AvgIpc) is 3.32. The van der Waals surface area contributed by atoms with E-state index in [-0.39, 0.29) is 23.4 Å². The van der Waals surface area contributed by atoms with Gasteiger partial charge in [-0.15, -0.1) is 0 Å². The van der Waals surface area contributed by atoms with Gasteiger partial charge in [0.2, 0.25) is 15.9 Å². The van der Waals surface area contributed by atoms with Crippen LogP contribution >= 0.6 is 0 Å². The summed E-state index contributed by atoms with van der Waals surface area (Å²) in [6.07, 6.45) is 2.89. The highest BCUT2D eigenvalue weighted by Crippen LogP contribution is 2.37. The zero-order valence-electron chi connectivity index (χ0n) is 16.4. The molecule has 7 nitrogen and oxygen atoms in total. The molecule has 2 aromatic carbocycles. The SMILES string of the molecule is O=C(NCc1cc[nH]n1)C1CCC(c2ccccc2)N(S(=O)(=O)c2ccccc2)C1. The van der Waals surface area contributed by atoms with Gasteiger partial charge in [0.1, 0.15) is 0 Å². The molecule has 4 rings (SSSR count). The molecule has 8 heteroatoms. The largest absolute Gasteiger partial charge is 0.350 e. The molecule has 1 aliphatic rings. The van der Waals surface area contributed by atoms with E-state index in [1.165, 1.54) is 4.31 Å². The van der Waals surface area contributed by atoms with Gasteiger partial charge in [0.25, 0.3) is 0 Å². The lowest BCUT2D eigenvalue weighted by atomic mass is 9.90. The molecule has 1 saturated heterocycles. The molecule has 0 bridgehead atoms. The number of rotatable bonds is 6. The van der Waals surface area contributed by atoms with Gasteiger partial charge in [-0.3, -0.25) is 9.89 Å². The number of hydrogen-bond donors (Lipinski definition) is 2. The number of amides is 1. The molecule has 2 atom stereocenters. The minimum Gasteiger partial charge on any atom is -0.350 e. The Morgan fingerprint density at radius 2 is 1.73 bits per heavy atom. The van der Waals surface area contributed by atoms with Gasteiger partial charge in [-0.25, -0.2) is 8.42 Å². The molecule has 3 aromatic rings. The first kappa shape index (κ1) is 20.3. The average molecular weight is 425 g/mol. The fraction of sp³-hybridized carbons (Fsp3) is 0.273. The highest BCUT2D eigenvalue weighted by molar-refractivity contribution is 7.89. The molecule has 1 aromatic heterocycles. The third-order valence-electron chi connectivity index (χ3n) is 5.44. The maximum atomic E-state index is 13.5. The summed E-state index contributed by atoms with van der Waals surface area (Å²) in [5.74, 6) is -0.569. The number of H-pyrrole nitrogens is 1. The Balaban J connectivity index is 1.58. The first-order valence-electron chi connectivity index (χ1n) is 9.94. The third-order valence-corrected chi connectivity index (χ3v) is 7.33. The highest BCUT2D eigenvalue weighted by atomic mass is 32.2. The van der Waals surface area contributed by atoms with Crippen LogP contribution in [0.15, 0.2) is 77.8 Å². The Bertz CT molecular complexity index is 1070.